The topological polar surface area (TPSA) is 71.9 Å². The highest BCUT2D eigenvalue weighted by Crippen LogP contribution is 2.38. The Labute approximate surface area is 153 Å². The minimum atomic E-state index is -0.790. The molecule has 26 heavy (non-hydrogen) atoms. The summed E-state index contributed by atoms with van der Waals surface area (Å²) in [6.07, 6.45) is 3.24. The van der Waals surface area contributed by atoms with Gasteiger partial charge >= 0.3 is 5.97 Å². The van der Waals surface area contributed by atoms with Crippen molar-refractivity contribution in [2.75, 3.05) is 20.3 Å². The molecule has 0 radical (unpaired) electrons. The molecule has 1 aromatic heterocycles. The quantitative estimate of drug-likeness (QED) is 0.822. The maximum atomic E-state index is 11.7. The zero-order chi connectivity index (χ0) is 18.5. The van der Waals surface area contributed by atoms with Crippen molar-refractivity contribution in [2.45, 2.75) is 31.8 Å². The first-order valence-electron chi connectivity index (χ1n) is 8.86. The van der Waals surface area contributed by atoms with Crippen LogP contribution in [0.15, 0.2) is 42.6 Å². The van der Waals surface area contributed by atoms with Crippen LogP contribution in [0.1, 0.15) is 37.1 Å². The number of hydrogen-bond acceptors (Lipinski definition) is 5. The van der Waals surface area contributed by atoms with Crippen molar-refractivity contribution in [1.82, 2.24) is 9.88 Å². The maximum Gasteiger partial charge on any atom is 0.320 e. The van der Waals surface area contributed by atoms with Crippen LogP contribution in [0.2, 0.25) is 0 Å². The monoisotopic (exact) mass is 356 g/mol. The molecule has 3 rings (SSSR count). The molecule has 0 saturated carbocycles. The van der Waals surface area contributed by atoms with Crippen LogP contribution >= 0.6 is 0 Å². The van der Waals surface area contributed by atoms with Crippen LogP contribution in [0.5, 0.6) is 11.5 Å². The summed E-state index contributed by atoms with van der Waals surface area (Å²) in [5.74, 6) is 0.521. The molecule has 2 atom stereocenters. The van der Waals surface area contributed by atoms with Gasteiger partial charge in [0.25, 0.3) is 0 Å². The molecule has 1 N–H and O–H groups in total. The summed E-state index contributed by atoms with van der Waals surface area (Å²) in [6, 6.07) is 10.7. The van der Waals surface area contributed by atoms with Crippen LogP contribution in [0.25, 0.3) is 0 Å². The fourth-order valence-electron chi connectivity index (χ4n) is 3.56. The first-order valence-corrected chi connectivity index (χ1v) is 8.86. The zero-order valence-electron chi connectivity index (χ0n) is 15.1. The van der Waals surface area contributed by atoms with Gasteiger partial charge in [-0.05, 0) is 49.6 Å². The van der Waals surface area contributed by atoms with E-state index < -0.39 is 12.0 Å². The average Bonchev–Trinajstić information content (AvgIpc) is 3.14. The summed E-state index contributed by atoms with van der Waals surface area (Å²) >= 11 is 0. The van der Waals surface area contributed by atoms with Crippen LogP contribution in [-0.2, 0) is 4.79 Å². The minimum absolute atomic E-state index is 0.246. The summed E-state index contributed by atoms with van der Waals surface area (Å²) in [7, 11) is 1.60. The second-order valence-electron chi connectivity index (χ2n) is 6.23. The summed E-state index contributed by atoms with van der Waals surface area (Å²) in [5, 5.41) is 9.63. The summed E-state index contributed by atoms with van der Waals surface area (Å²) < 4.78 is 11.1. The third-order valence-corrected chi connectivity index (χ3v) is 4.68. The van der Waals surface area contributed by atoms with Gasteiger partial charge in [-0.3, -0.25) is 14.7 Å². The summed E-state index contributed by atoms with van der Waals surface area (Å²) in [6.45, 7) is 3.19. The molecule has 6 nitrogen and oxygen atoms in total. The van der Waals surface area contributed by atoms with E-state index in [1.165, 1.54) is 0 Å². The Morgan fingerprint density at radius 2 is 2.19 bits per heavy atom. The fourth-order valence-corrected chi connectivity index (χ4v) is 3.56. The molecule has 2 aromatic rings. The molecule has 0 aliphatic carbocycles. The maximum absolute atomic E-state index is 11.7. The smallest absolute Gasteiger partial charge is 0.320 e. The number of ether oxygens (including phenoxy) is 2. The Bertz CT molecular complexity index is 751. The molecule has 6 heteroatoms. The second-order valence-corrected chi connectivity index (χ2v) is 6.23. The highest BCUT2D eigenvalue weighted by molar-refractivity contribution is 5.74. The molecule has 138 valence electrons. The van der Waals surface area contributed by atoms with E-state index in [1.807, 2.05) is 48.2 Å². The predicted molar refractivity (Wildman–Crippen MR) is 97.6 cm³/mol. The Balaban J connectivity index is 2.05. The lowest BCUT2D eigenvalue weighted by atomic mass is 9.99. The van der Waals surface area contributed by atoms with E-state index in [9.17, 15) is 9.90 Å². The van der Waals surface area contributed by atoms with E-state index in [1.54, 1.807) is 13.3 Å². The van der Waals surface area contributed by atoms with Gasteiger partial charge in [0.2, 0.25) is 0 Å². The number of carbonyl (C=O) groups is 1. The van der Waals surface area contributed by atoms with E-state index in [0.29, 0.717) is 31.1 Å². The van der Waals surface area contributed by atoms with Gasteiger partial charge in [0.05, 0.1) is 25.5 Å². The van der Waals surface area contributed by atoms with Crippen LogP contribution in [0.4, 0.5) is 0 Å². The van der Waals surface area contributed by atoms with Gasteiger partial charge < -0.3 is 14.6 Å². The molecular formula is C20H24N2O4. The predicted octanol–water partition coefficient (Wildman–Crippen LogP) is 3.13. The van der Waals surface area contributed by atoms with Crippen molar-refractivity contribution < 1.29 is 19.4 Å². The van der Waals surface area contributed by atoms with E-state index >= 15 is 0 Å². The zero-order valence-corrected chi connectivity index (χ0v) is 15.1. The normalized spacial score (nSPS) is 18.5. The number of methoxy groups -OCH3 is 1. The van der Waals surface area contributed by atoms with Gasteiger partial charge in [0, 0.05) is 12.7 Å². The highest BCUT2D eigenvalue weighted by atomic mass is 16.5. The Hall–Kier alpha value is -2.60. The molecule has 1 saturated heterocycles. The molecule has 1 fully saturated rings. The third-order valence-electron chi connectivity index (χ3n) is 4.68. The first-order chi connectivity index (χ1) is 12.7. The molecule has 0 amide bonds. The van der Waals surface area contributed by atoms with Crippen molar-refractivity contribution in [3.8, 4) is 11.5 Å². The molecule has 2 heterocycles. The molecule has 2 unspecified atom stereocenters. The summed E-state index contributed by atoms with van der Waals surface area (Å²) in [5.41, 5.74) is 1.77. The molecule has 1 aliphatic rings. The molecule has 1 aliphatic heterocycles. The molecule has 0 spiro atoms. The van der Waals surface area contributed by atoms with Gasteiger partial charge in [-0.2, -0.15) is 0 Å². The Morgan fingerprint density at radius 1 is 1.35 bits per heavy atom. The Kier molecular flexibility index (Phi) is 5.73. The number of carboxylic acid groups (broad SMARTS) is 1. The van der Waals surface area contributed by atoms with Crippen LogP contribution in [0, 0.1) is 0 Å². The number of rotatable bonds is 7. The second kappa shape index (κ2) is 8.19. The largest absolute Gasteiger partial charge is 0.493 e. The van der Waals surface area contributed by atoms with Gasteiger partial charge in [0.15, 0.2) is 11.5 Å². The first kappa shape index (κ1) is 18.2. The van der Waals surface area contributed by atoms with Crippen molar-refractivity contribution in [3.63, 3.8) is 0 Å². The average molecular weight is 356 g/mol. The van der Waals surface area contributed by atoms with Gasteiger partial charge in [0.1, 0.15) is 6.04 Å². The number of likely N-dealkylation sites (tertiary alicyclic amines) is 1. The number of benzene rings is 1. The number of pyridine rings is 1. The molecular weight excluding hydrogens is 332 g/mol. The van der Waals surface area contributed by atoms with E-state index in [-0.39, 0.29) is 6.04 Å². The lowest BCUT2D eigenvalue weighted by molar-refractivity contribution is -0.142. The van der Waals surface area contributed by atoms with E-state index in [0.717, 1.165) is 17.7 Å². The van der Waals surface area contributed by atoms with Crippen molar-refractivity contribution in [3.05, 3.63) is 53.9 Å². The van der Waals surface area contributed by atoms with Crippen LogP contribution in [0.3, 0.4) is 0 Å². The molecule has 0 bridgehead atoms. The van der Waals surface area contributed by atoms with Crippen molar-refractivity contribution >= 4 is 5.97 Å². The van der Waals surface area contributed by atoms with Crippen LogP contribution < -0.4 is 9.47 Å². The van der Waals surface area contributed by atoms with Gasteiger partial charge in [-0.1, -0.05) is 12.1 Å². The third kappa shape index (κ3) is 3.65. The van der Waals surface area contributed by atoms with Crippen LogP contribution in [-0.4, -0.2) is 47.3 Å². The highest BCUT2D eigenvalue weighted by Gasteiger charge is 2.37. The minimum Gasteiger partial charge on any atom is -0.493 e. The standard InChI is InChI=1S/C20H24N2O4/c1-3-26-17-10-9-14(13-18(17)25-2)19(15-7-4-5-11-21-15)22-12-6-8-16(22)20(23)24/h4-5,7,9-11,13,16,19H,3,6,8,12H2,1-2H3,(H,23,24). The number of aromatic nitrogens is 1. The number of nitrogens with zero attached hydrogens (tertiary/aromatic N) is 2. The number of aliphatic carboxylic acids is 1. The van der Waals surface area contributed by atoms with E-state index in [2.05, 4.69) is 4.98 Å². The summed E-state index contributed by atoms with van der Waals surface area (Å²) in [4.78, 5) is 18.2. The lowest BCUT2D eigenvalue weighted by Crippen LogP contribution is -2.39. The number of hydrogen-bond donors (Lipinski definition) is 1. The van der Waals surface area contributed by atoms with Gasteiger partial charge in [-0.25, -0.2) is 0 Å². The SMILES string of the molecule is CCOc1ccc(C(c2ccccn2)N2CCCC2C(=O)O)cc1OC. The van der Waals surface area contributed by atoms with Crippen molar-refractivity contribution in [2.24, 2.45) is 0 Å². The van der Waals surface area contributed by atoms with Crippen molar-refractivity contribution in [1.29, 1.82) is 0 Å². The van der Waals surface area contributed by atoms with Gasteiger partial charge in [-0.15, -0.1) is 0 Å². The fraction of sp³-hybridized carbons (Fsp3) is 0.400. The lowest BCUT2D eigenvalue weighted by Gasteiger charge is -2.31. The molecule has 1 aromatic carbocycles. The Morgan fingerprint density at radius 3 is 2.85 bits per heavy atom. The number of carboxylic acids is 1. The van der Waals surface area contributed by atoms with E-state index in [4.69, 9.17) is 9.47 Å².